The monoisotopic (exact) mass is 563 g/mol. The average molecular weight is 564 g/mol. The molecule has 0 bridgehead atoms. The second-order valence-electron chi connectivity index (χ2n) is 8.96. The molecule has 39 heavy (non-hydrogen) atoms. The maximum Gasteiger partial charge on any atom is 0.148 e. The molecule has 0 radical (unpaired) electrons. The van der Waals surface area contributed by atoms with Gasteiger partial charge in [-0.15, -0.1) is 11.3 Å². The summed E-state index contributed by atoms with van der Waals surface area (Å²) in [4.78, 5) is 14.4. The van der Waals surface area contributed by atoms with Gasteiger partial charge < -0.3 is 15.4 Å². The van der Waals surface area contributed by atoms with Crippen LogP contribution in [0.15, 0.2) is 79.3 Å². The molecule has 0 amide bonds. The predicted octanol–water partition coefficient (Wildman–Crippen LogP) is 5.35. The van der Waals surface area contributed by atoms with Crippen LogP contribution in [0.3, 0.4) is 0 Å². The van der Waals surface area contributed by atoms with Crippen LogP contribution in [0, 0.1) is 5.82 Å². The number of nitrogens with zero attached hydrogens (tertiary/aromatic N) is 3. The summed E-state index contributed by atoms with van der Waals surface area (Å²) in [6, 6.07) is 19.7. The summed E-state index contributed by atoms with van der Waals surface area (Å²) in [6.07, 6.45) is 4.55. The van der Waals surface area contributed by atoms with Gasteiger partial charge in [0.05, 0.1) is 11.3 Å². The molecule has 0 saturated heterocycles. The first-order valence-electron chi connectivity index (χ1n) is 12.1. The van der Waals surface area contributed by atoms with Crippen LogP contribution in [0.1, 0.15) is 10.4 Å². The number of ether oxygens (including phenoxy) is 1. The Morgan fingerprint density at radius 3 is 2.54 bits per heavy atom. The lowest BCUT2D eigenvalue weighted by Crippen LogP contribution is -2.21. The van der Waals surface area contributed by atoms with Crippen molar-refractivity contribution in [3.8, 4) is 16.3 Å². The van der Waals surface area contributed by atoms with Crippen molar-refractivity contribution in [2.24, 2.45) is 0 Å². The number of halogens is 1. The van der Waals surface area contributed by atoms with Crippen molar-refractivity contribution < 1.29 is 17.5 Å². The first-order valence-corrected chi connectivity index (χ1v) is 15.0. The molecule has 2 N–H and O–H groups in total. The molecule has 11 heteroatoms. The van der Waals surface area contributed by atoms with Gasteiger partial charge in [0.15, 0.2) is 0 Å². The second kappa shape index (κ2) is 11.9. The van der Waals surface area contributed by atoms with E-state index < -0.39 is 9.84 Å². The number of sulfone groups is 1. The Hall–Kier alpha value is -3.93. The molecule has 0 unspecified atom stereocenters. The van der Waals surface area contributed by atoms with Crippen molar-refractivity contribution in [2.75, 3.05) is 23.9 Å². The molecule has 0 spiro atoms. The molecule has 8 nitrogen and oxygen atoms in total. The van der Waals surface area contributed by atoms with Gasteiger partial charge in [-0.25, -0.2) is 27.8 Å². The lowest BCUT2D eigenvalue weighted by atomic mass is 10.1. The highest BCUT2D eigenvalue weighted by Gasteiger charge is 2.10. The fourth-order valence-electron chi connectivity index (χ4n) is 3.80. The fourth-order valence-corrected chi connectivity index (χ4v) is 5.19. The Morgan fingerprint density at radius 1 is 0.974 bits per heavy atom. The largest absolute Gasteiger partial charge is 0.489 e. The number of thiazole rings is 1. The molecule has 2 heterocycles. The van der Waals surface area contributed by atoms with Crippen molar-refractivity contribution in [3.63, 3.8) is 0 Å². The van der Waals surface area contributed by atoms with Gasteiger partial charge in [0.2, 0.25) is 0 Å². The summed E-state index contributed by atoms with van der Waals surface area (Å²) in [5.74, 6) is 1.22. The zero-order valence-corrected chi connectivity index (χ0v) is 22.7. The van der Waals surface area contributed by atoms with E-state index in [2.05, 4.69) is 25.6 Å². The lowest BCUT2D eigenvalue weighted by Gasteiger charge is -2.10. The first kappa shape index (κ1) is 26.7. The number of aromatic nitrogens is 3. The summed E-state index contributed by atoms with van der Waals surface area (Å²) in [5, 5.41) is 8.22. The van der Waals surface area contributed by atoms with E-state index in [1.165, 1.54) is 24.7 Å². The van der Waals surface area contributed by atoms with Crippen LogP contribution in [-0.4, -0.2) is 41.9 Å². The Morgan fingerprint density at radius 2 is 1.77 bits per heavy atom. The van der Waals surface area contributed by atoms with Gasteiger partial charge in [-0.05, 0) is 54.1 Å². The van der Waals surface area contributed by atoms with Crippen LogP contribution >= 0.6 is 11.3 Å². The van der Waals surface area contributed by atoms with Crippen LogP contribution in [0.25, 0.3) is 21.5 Å². The maximum absolute atomic E-state index is 13.1. The predicted molar refractivity (Wildman–Crippen MR) is 153 cm³/mol. The molecule has 0 aliphatic rings. The number of anilines is 2. The maximum atomic E-state index is 13.1. The first-order chi connectivity index (χ1) is 18.8. The number of hydrogen-bond acceptors (Lipinski definition) is 9. The van der Waals surface area contributed by atoms with Gasteiger partial charge in [-0.1, -0.05) is 18.2 Å². The minimum Gasteiger partial charge on any atom is -0.489 e. The highest BCUT2D eigenvalue weighted by atomic mass is 32.2. The molecule has 5 aromatic rings. The smallest absolute Gasteiger partial charge is 0.148 e. The van der Waals surface area contributed by atoms with Gasteiger partial charge in [-0.3, -0.25) is 0 Å². The van der Waals surface area contributed by atoms with E-state index in [0.717, 1.165) is 37.6 Å². The van der Waals surface area contributed by atoms with E-state index in [4.69, 9.17) is 4.74 Å². The van der Waals surface area contributed by atoms with Crippen molar-refractivity contribution in [2.45, 2.75) is 13.2 Å². The molecule has 5 rings (SSSR count). The lowest BCUT2D eigenvalue weighted by molar-refractivity contribution is 0.306. The average Bonchev–Trinajstić information content (AvgIpc) is 3.40. The number of hydrogen-bond donors (Lipinski definition) is 2. The van der Waals surface area contributed by atoms with Gasteiger partial charge >= 0.3 is 0 Å². The Kier molecular flexibility index (Phi) is 8.10. The molecule has 0 saturated carbocycles. The topological polar surface area (TPSA) is 106 Å². The number of rotatable bonds is 11. The van der Waals surface area contributed by atoms with Gasteiger partial charge in [0.1, 0.15) is 45.2 Å². The van der Waals surface area contributed by atoms with Crippen molar-refractivity contribution >= 4 is 43.6 Å². The summed E-state index contributed by atoms with van der Waals surface area (Å²) >= 11 is 1.55. The molecule has 0 atom stereocenters. The van der Waals surface area contributed by atoms with Crippen LogP contribution < -0.4 is 15.4 Å². The molecule has 3 aromatic carbocycles. The normalized spacial score (nSPS) is 11.5. The zero-order chi connectivity index (χ0) is 27.2. The minimum atomic E-state index is -2.98. The van der Waals surface area contributed by atoms with Gasteiger partial charge in [0, 0.05) is 47.1 Å². The third kappa shape index (κ3) is 7.34. The summed E-state index contributed by atoms with van der Waals surface area (Å²) in [7, 11) is -2.98. The Labute approximate surface area is 229 Å². The molecular formula is C28H26FN5O3S2. The fraction of sp³-hybridized carbons (Fsp3) is 0.179. The summed E-state index contributed by atoms with van der Waals surface area (Å²) < 4.78 is 41.4. The van der Waals surface area contributed by atoms with Crippen LogP contribution in [-0.2, 0) is 23.0 Å². The molecule has 0 fully saturated rings. The Bertz CT molecular complexity index is 1670. The summed E-state index contributed by atoms with van der Waals surface area (Å²) in [5.41, 5.74) is 3.47. The molecular weight excluding hydrogens is 537 g/mol. The molecule has 0 aliphatic carbocycles. The van der Waals surface area contributed by atoms with Gasteiger partial charge in [0.25, 0.3) is 0 Å². The van der Waals surface area contributed by atoms with Crippen LogP contribution in [0.5, 0.6) is 5.75 Å². The van der Waals surface area contributed by atoms with E-state index in [1.54, 1.807) is 29.7 Å². The molecule has 2 aromatic heterocycles. The SMILES string of the molecule is CS(=O)(=O)CCNCc1cnc(-c2ccc3c(Nc4ccc(OCc5ccc(F)cc5)cc4)ncnc3c2)s1. The van der Waals surface area contributed by atoms with Gasteiger partial charge in [-0.2, -0.15) is 0 Å². The minimum absolute atomic E-state index is 0.106. The van der Waals surface area contributed by atoms with E-state index in [0.29, 0.717) is 31.3 Å². The Balaban J connectivity index is 1.23. The van der Waals surface area contributed by atoms with Crippen molar-refractivity contribution in [1.82, 2.24) is 20.3 Å². The summed E-state index contributed by atoms with van der Waals surface area (Å²) in [6.45, 7) is 1.32. The quantitative estimate of drug-likeness (QED) is 0.207. The molecule has 200 valence electrons. The second-order valence-corrected chi connectivity index (χ2v) is 12.3. The highest BCUT2D eigenvalue weighted by molar-refractivity contribution is 7.90. The zero-order valence-electron chi connectivity index (χ0n) is 21.1. The number of benzene rings is 3. The van der Waals surface area contributed by atoms with E-state index in [1.807, 2.05) is 42.5 Å². The van der Waals surface area contributed by atoms with E-state index in [9.17, 15) is 12.8 Å². The molecule has 0 aliphatic heterocycles. The van der Waals surface area contributed by atoms with Crippen LogP contribution in [0.2, 0.25) is 0 Å². The van der Waals surface area contributed by atoms with E-state index in [-0.39, 0.29) is 11.6 Å². The number of nitrogens with one attached hydrogen (secondary N) is 2. The van der Waals surface area contributed by atoms with Crippen LogP contribution in [0.4, 0.5) is 15.9 Å². The third-order valence-electron chi connectivity index (χ3n) is 5.82. The van der Waals surface area contributed by atoms with Crippen molar-refractivity contribution in [3.05, 3.63) is 95.5 Å². The highest BCUT2D eigenvalue weighted by Crippen LogP contribution is 2.30. The van der Waals surface area contributed by atoms with E-state index >= 15 is 0 Å². The van der Waals surface area contributed by atoms with Crippen molar-refractivity contribution in [1.29, 1.82) is 0 Å². The number of fused-ring (bicyclic) bond motifs is 1. The third-order valence-corrected chi connectivity index (χ3v) is 7.81. The standard InChI is InChI=1S/C28H26FN5O3S2/c1-39(35,36)13-12-30-15-24-16-31-28(38-24)20-4-11-25-26(14-20)32-18-33-27(25)34-22-7-9-23(10-8-22)37-17-19-2-5-21(29)6-3-19/h2-11,14,16,18,30H,12-13,15,17H2,1H3,(H,32,33,34).